The van der Waals surface area contributed by atoms with Gasteiger partial charge in [0.1, 0.15) is 0 Å². The molecule has 8 heteroatoms. The number of benzene rings is 1. The number of amides is 1. The van der Waals surface area contributed by atoms with Crippen LogP contribution in [0.25, 0.3) is 0 Å². The summed E-state index contributed by atoms with van der Waals surface area (Å²) in [5.41, 5.74) is -0.100. The van der Waals surface area contributed by atoms with E-state index in [1.807, 2.05) is 6.92 Å². The first kappa shape index (κ1) is 17.1. The summed E-state index contributed by atoms with van der Waals surface area (Å²) >= 11 is 3.03. The standard InChI is InChI=1S/C13H15BrN2O5/c1-2-3-9(13(18)19)7-15-12(17)8-4-5-10(14)11(6-8)16(20)21/h4-6,9H,2-3,7H2,1H3,(H,15,17)(H,18,19). The van der Waals surface area contributed by atoms with Gasteiger partial charge in [0, 0.05) is 18.2 Å². The molecule has 0 heterocycles. The van der Waals surface area contributed by atoms with Crippen molar-refractivity contribution in [2.45, 2.75) is 19.8 Å². The fourth-order valence-corrected chi connectivity index (χ4v) is 2.16. The fraction of sp³-hybridized carbons (Fsp3) is 0.385. The molecule has 1 rings (SSSR count). The van der Waals surface area contributed by atoms with Gasteiger partial charge in [0.05, 0.1) is 15.3 Å². The van der Waals surface area contributed by atoms with E-state index in [1.54, 1.807) is 0 Å². The number of aliphatic carboxylic acids is 1. The van der Waals surface area contributed by atoms with E-state index in [-0.39, 0.29) is 22.3 Å². The van der Waals surface area contributed by atoms with Crippen molar-refractivity contribution in [1.29, 1.82) is 0 Å². The summed E-state index contributed by atoms with van der Waals surface area (Å²) in [6.45, 7) is 1.85. The van der Waals surface area contributed by atoms with Crippen molar-refractivity contribution in [2.24, 2.45) is 5.92 Å². The Hall–Kier alpha value is -1.96. The molecule has 21 heavy (non-hydrogen) atoms. The van der Waals surface area contributed by atoms with Gasteiger partial charge in [-0.3, -0.25) is 19.7 Å². The zero-order valence-corrected chi connectivity index (χ0v) is 12.9. The van der Waals surface area contributed by atoms with E-state index in [0.717, 1.165) is 6.07 Å². The second-order valence-corrected chi connectivity index (χ2v) is 5.31. The van der Waals surface area contributed by atoms with Crippen LogP contribution in [0.5, 0.6) is 0 Å². The zero-order valence-electron chi connectivity index (χ0n) is 11.3. The first-order valence-electron chi connectivity index (χ1n) is 6.31. The molecule has 1 atom stereocenters. The normalized spacial score (nSPS) is 11.7. The van der Waals surface area contributed by atoms with Crippen LogP contribution in [0, 0.1) is 16.0 Å². The SMILES string of the molecule is CCCC(CNC(=O)c1ccc(Br)c([N+](=O)[O-])c1)C(=O)O. The average molecular weight is 359 g/mol. The minimum atomic E-state index is -0.973. The van der Waals surface area contributed by atoms with E-state index in [0.29, 0.717) is 12.8 Å². The Balaban J connectivity index is 2.78. The highest BCUT2D eigenvalue weighted by atomic mass is 79.9. The van der Waals surface area contributed by atoms with Crippen LogP contribution in [0.3, 0.4) is 0 Å². The number of halogens is 1. The van der Waals surface area contributed by atoms with Crippen LogP contribution in [-0.4, -0.2) is 28.5 Å². The molecule has 0 radical (unpaired) electrons. The van der Waals surface area contributed by atoms with E-state index in [1.165, 1.54) is 12.1 Å². The van der Waals surface area contributed by atoms with Crippen molar-refractivity contribution < 1.29 is 19.6 Å². The van der Waals surface area contributed by atoms with Gasteiger partial charge in [0.25, 0.3) is 11.6 Å². The molecule has 1 aromatic carbocycles. The van der Waals surface area contributed by atoms with Crippen molar-refractivity contribution in [2.75, 3.05) is 6.54 Å². The summed E-state index contributed by atoms with van der Waals surface area (Å²) in [4.78, 5) is 33.1. The molecule has 1 aromatic rings. The molecule has 114 valence electrons. The number of nitro benzene ring substituents is 1. The Morgan fingerprint density at radius 1 is 1.48 bits per heavy atom. The maximum Gasteiger partial charge on any atom is 0.308 e. The highest BCUT2D eigenvalue weighted by Crippen LogP contribution is 2.25. The number of rotatable bonds is 7. The fourth-order valence-electron chi connectivity index (χ4n) is 1.77. The van der Waals surface area contributed by atoms with Crippen LogP contribution in [0.15, 0.2) is 22.7 Å². The summed E-state index contributed by atoms with van der Waals surface area (Å²) in [7, 11) is 0. The van der Waals surface area contributed by atoms with Crippen molar-refractivity contribution >= 4 is 33.5 Å². The molecule has 1 unspecified atom stereocenters. The van der Waals surface area contributed by atoms with Crippen molar-refractivity contribution in [1.82, 2.24) is 5.32 Å². The van der Waals surface area contributed by atoms with Crippen LogP contribution in [0.1, 0.15) is 30.1 Å². The number of nitrogens with one attached hydrogen (secondary N) is 1. The maximum atomic E-state index is 11.9. The van der Waals surface area contributed by atoms with Gasteiger partial charge < -0.3 is 10.4 Å². The van der Waals surface area contributed by atoms with Crippen molar-refractivity contribution in [3.05, 3.63) is 38.3 Å². The number of carboxylic acid groups (broad SMARTS) is 1. The molecule has 1 amide bonds. The summed E-state index contributed by atoms with van der Waals surface area (Å²) in [5.74, 6) is -2.17. The van der Waals surface area contributed by atoms with Gasteiger partial charge in [0.2, 0.25) is 0 Å². The Labute approximate surface area is 129 Å². The number of hydrogen-bond donors (Lipinski definition) is 2. The number of nitrogens with zero attached hydrogens (tertiary/aromatic N) is 1. The minimum Gasteiger partial charge on any atom is -0.481 e. The Morgan fingerprint density at radius 2 is 2.14 bits per heavy atom. The van der Waals surface area contributed by atoms with Gasteiger partial charge in [-0.2, -0.15) is 0 Å². The van der Waals surface area contributed by atoms with Gasteiger partial charge in [-0.1, -0.05) is 13.3 Å². The van der Waals surface area contributed by atoms with Gasteiger partial charge >= 0.3 is 5.97 Å². The van der Waals surface area contributed by atoms with Gasteiger partial charge in [0.15, 0.2) is 0 Å². The number of carbonyl (C=O) groups is 2. The second kappa shape index (κ2) is 7.72. The minimum absolute atomic E-state index is 0.00807. The lowest BCUT2D eigenvalue weighted by atomic mass is 10.0. The largest absolute Gasteiger partial charge is 0.481 e. The second-order valence-electron chi connectivity index (χ2n) is 4.46. The predicted molar refractivity (Wildman–Crippen MR) is 79.2 cm³/mol. The molecule has 0 aliphatic rings. The number of carbonyl (C=O) groups excluding carboxylic acids is 1. The monoisotopic (exact) mass is 358 g/mol. The molecule has 2 N–H and O–H groups in total. The van der Waals surface area contributed by atoms with Gasteiger partial charge in [-0.25, -0.2) is 0 Å². The lowest BCUT2D eigenvalue weighted by Gasteiger charge is -2.12. The van der Waals surface area contributed by atoms with Crippen LogP contribution in [0.4, 0.5) is 5.69 Å². The number of nitro groups is 1. The molecule has 0 aliphatic heterocycles. The Morgan fingerprint density at radius 3 is 2.67 bits per heavy atom. The lowest BCUT2D eigenvalue weighted by Crippen LogP contribution is -2.32. The Bertz CT molecular complexity index is 561. The predicted octanol–water partition coefficient (Wildman–Crippen LogP) is 2.59. The molecule has 7 nitrogen and oxygen atoms in total. The molecule has 0 bridgehead atoms. The molecule has 0 spiro atoms. The summed E-state index contributed by atoms with van der Waals surface area (Å²) in [5, 5.41) is 22.3. The van der Waals surface area contributed by atoms with Gasteiger partial charge in [-0.05, 0) is 34.5 Å². The molecule has 0 aliphatic carbocycles. The molecule has 0 saturated heterocycles. The molecular weight excluding hydrogens is 344 g/mol. The third-order valence-corrected chi connectivity index (χ3v) is 3.57. The zero-order chi connectivity index (χ0) is 16.0. The third kappa shape index (κ3) is 4.82. The molecule has 0 aromatic heterocycles. The highest BCUT2D eigenvalue weighted by Gasteiger charge is 2.19. The highest BCUT2D eigenvalue weighted by molar-refractivity contribution is 9.10. The molecular formula is C13H15BrN2O5. The lowest BCUT2D eigenvalue weighted by molar-refractivity contribution is -0.385. The van der Waals surface area contributed by atoms with E-state index < -0.39 is 22.7 Å². The molecule has 0 saturated carbocycles. The quantitative estimate of drug-likeness (QED) is 0.574. The van der Waals surface area contributed by atoms with Crippen LogP contribution >= 0.6 is 15.9 Å². The van der Waals surface area contributed by atoms with E-state index in [9.17, 15) is 19.7 Å². The van der Waals surface area contributed by atoms with E-state index in [4.69, 9.17) is 5.11 Å². The topological polar surface area (TPSA) is 110 Å². The van der Waals surface area contributed by atoms with Crippen LogP contribution < -0.4 is 5.32 Å². The van der Waals surface area contributed by atoms with Crippen molar-refractivity contribution in [3.63, 3.8) is 0 Å². The van der Waals surface area contributed by atoms with Crippen molar-refractivity contribution in [3.8, 4) is 0 Å². The third-order valence-electron chi connectivity index (χ3n) is 2.90. The maximum absolute atomic E-state index is 11.9. The summed E-state index contributed by atoms with van der Waals surface area (Å²) in [6.07, 6.45) is 1.15. The van der Waals surface area contributed by atoms with E-state index in [2.05, 4.69) is 21.2 Å². The Kier molecular flexibility index (Phi) is 6.29. The van der Waals surface area contributed by atoms with Gasteiger partial charge in [-0.15, -0.1) is 0 Å². The van der Waals surface area contributed by atoms with Crippen LogP contribution in [0.2, 0.25) is 0 Å². The first-order chi connectivity index (χ1) is 9.86. The summed E-state index contributed by atoms with van der Waals surface area (Å²) in [6, 6.07) is 3.99. The van der Waals surface area contributed by atoms with Crippen LogP contribution in [-0.2, 0) is 4.79 Å². The van der Waals surface area contributed by atoms with E-state index >= 15 is 0 Å². The summed E-state index contributed by atoms with van der Waals surface area (Å²) < 4.78 is 0.276. The average Bonchev–Trinajstić information content (AvgIpc) is 2.42. The number of carboxylic acids is 1. The number of hydrogen-bond acceptors (Lipinski definition) is 4. The molecule has 0 fully saturated rings. The smallest absolute Gasteiger partial charge is 0.308 e. The first-order valence-corrected chi connectivity index (χ1v) is 7.11.